The first-order chi connectivity index (χ1) is 18.2. The zero-order valence-electron chi connectivity index (χ0n) is 22.5. The maximum atomic E-state index is 12.8. The van der Waals surface area contributed by atoms with Gasteiger partial charge >= 0.3 is 5.97 Å². The minimum absolute atomic E-state index is 0.0799. The first kappa shape index (κ1) is 29.4. The lowest BCUT2D eigenvalue weighted by molar-refractivity contribution is -0.139. The Morgan fingerprint density at radius 2 is 1.92 bits per heavy atom. The summed E-state index contributed by atoms with van der Waals surface area (Å²) in [6.45, 7) is 7.26. The van der Waals surface area contributed by atoms with E-state index in [0.717, 1.165) is 38.8 Å². The smallest absolute Gasteiger partial charge is 0.328 e. The number of ether oxygens (including phenoxy) is 1. The standard InChI is InChI=1S/C28H42N4O6/c1-19(2)18-38-23-7-3-5-21(15-23)27(35)31-24(28(36)37)16-30-26(34)22-6-4-14-32(17-22)25(33)9-8-20-10-12-29-13-11-20/h3,5,7,15,19-20,22,24,29H,4,6,8-14,16-18H2,1-2H3,(H,30,34)(H,31,35)(H,36,37)/t22-,24+/m1/s1. The highest BCUT2D eigenvalue weighted by Gasteiger charge is 2.30. The number of hydrogen-bond acceptors (Lipinski definition) is 6. The van der Waals surface area contributed by atoms with E-state index in [2.05, 4.69) is 16.0 Å². The average Bonchev–Trinajstić information content (AvgIpc) is 2.93. The minimum atomic E-state index is -1.29. The Hall–Kier alpha value is -3.14. The van der Waals surface area contributed by atoms with Crippen LogP contribution in [0.15, 0.2) is 24.3 Å². The van der Waals surface area contributed by atoms with Gasteiger partial charge in [0, 0.05) is 31.6 Å². The van der Waals surface area contributed by atoms with Gasteiger partial charge in [-0.3, -0.25) is 14.4 Å². The lowest BCUT2D eigenvalue weighted by Crippen LogP contribution is -2.51. The van der Waals surface area contributed by atoms with Gasteiger partial charge in [0.25, 0.3) is 5.91 Å². The summed E-state index contributed by atoms with van der Waals surface area (Å²) < 4.78 is 5.64. The second kappa shape index (κ2) is 14.7. The molecule has 1 aromatic rings. The van der Waals surface area contributed by atoms with E-state index in [4.69, 9.17) is 4.74 Å². The van der Waals surface area contributed by atoms with Crippen LogP contribution < -0.4 is 20.7 Å². The van der Waals surface area contributed by atoms with Crippen LogP contribution in [0.5, 0.6) is 5.75 Å². The Kier molecular flexibility index (Phi) is 11.4. The number of piperidine rings is 2. The van der Waals surface area contributed by atoms with Crippen LogP contribution >= 0.6 is 0 Å². The average molecular weight is 531 g/mol. The number of carboxylic acid groups (broad SMARTS) is 1. The molecule has 3 amide bonds. The van der Waals surface area contributed by atoms with Crippen LogP contribution in [0.3, 0.4) is 0 Å². The van der Waals surface area contributed by atoms with Gasteiger partial charge in [0.2, 0.25) is 11.8 Å². The molecule has 1 aromatic carbocycles. The van der Waals surface area contributed by atoms with Gasteiger partial charge in [-0.2, -0.15) is 0 Å². The third-order valence-corrected chi connectivity index (χ3v) is 7.13. The molecule has 0 aliphatic carbocycles. The van der Waals surface area contributed by atoms with Crippen molar-refractivity contribution in [3.8, 4) is 5.75 Å². The van der Waals surface area contributed by atoms with Gasteiger partial charge < -0.3 is 30.7 Å². The largest absolute Gasteiger partial charge is 0.493 e. The van der Waals surface area contributed by atoms with Gasteiger partial charge in [-0.25, -0.2) is 4.79 Å². The first-order valence-corrected chi connectivity index (χ1v) is 13.8. The molecule has 4 N–H and O–H groups in total. The Balaban J connectivity index is 1.47. The zero-order valence-corrected chi connectivity index (χ0v) is 22.5. The lowest BCUT2D eigenvalue weighted by atomic mass is 9.92. The van der Waals surface area contributed by atoms with Gasteiger partial charge in [-0.15, -0.1) is 0 Å². The number of aliphatic carboxylic acids is 1. The van der Waals surface area contributed by atoms with E-state index < -0.39 is 23.8 Å². The molecule has 0 unspecified atom stereocenters. The molecule has 10 nitrogen and oxygen atoms in total. The number of carbonyl (C=O) groups is 4. The van der Waals surface area contributed by atoms with Crippen LogP contribution in [-0.4, -0.2) is 79.1 Å². The number of carboxylic acids is 1. The number of amides is 3. The molecule has 2 atom stereocenters. The third-order valence-electron chi connectivity index (χ3n) is 7.13. The Morgan fingerprint density at radius 3 is 2.63 bits per heavy atom. The first-order valence-electron chi connectivity index (χ1n) is 13.8. The van der Waals surface area contributed by atoms with Crippen LogP contribution in [0.4, 0.5) is 0 Å². The molecule has 2 fully saturated rings. The number of benzene rings is 1. The molecule has 2 aliphatic rings. The Labute approximate surface area is 224 Å². The quantitative estimate of drug-likeness (QED) is 0.325. The number of nitrogens with zero attached hydrogens (tertiary/aromatic N) is 1. The molecule has 0 bridgehead atoms. The van der Waals surface area contributed by atoms with Gasteiger partial charge in [-0.05, 0) is 75.2 Å². The minimum Gasteiger partial charge on any atom is -0.493 e. The van der Waals surface area contributed by atoms with Crippen molar-refractivity contribution in [3.05, 3.63) is 29.8 Å². The van der Waals surface area contributed by atoms with Crippen molar-refractivity contribution in [3.63, 3.8) is 0 Å². The number of nitrogens with one attached hydrogen (secondary N) is 3. The highest BCUT2D eigenvalue weighted by atomic mass is 16.5. The third kappa shape index (κ3) is 9.31. The highest BCUT2D eigenvalue weighted by Crippen LogP contribution is 2.21. The lowest BCUT2D eigenvalue weighted by Gasteiger charge is -2.33. The van der Waals surface area contributed by atoms with E-state index in [9.17, 15) is 24.3 Å². The summed E-state index contributed by atoms with van der Waals surface area (Å²) >= 11 is 0. The van der Waals surface area contributed by atoms with E-state index in [1.54, 1.807) is 29.2 Å². The van der Waals surface area contributed by atoms with Crippen molar-refractivity contribution >= 4 is 23.7 Å². The van der Waals surface area contributed by atoms with Gasteiger partial charge in [-0.1, -0.05) is 19.9 Å². The number of rotatable bonds is 12. The molecular weight excluding hydrogens is 488 g/mol. The van der Waals surface area contributed by atoms with E-state index in [-0.39, 0.29) is 23.9 Å². The summed E-state index contributed by atoms with van der Waals surface area (Å²) in [5.41, 5.74) is 0.273. The number of hydrogen-bond donors (Lipinski definition) is 4. The SMILES string of the molecule is CC(C)COc1cccc(C(=O)N[C@@H](CNC(=O)[C@@H]2CCCN(C(=O)CCC3CCNCC3)C2)C(=O)O)c1. The molecule has 0 aromatic heterocycles. The maximum absolute atomic E-state index is 12.8. The zero-order chi connectivity index (χ0) is 27.5. The molecular formula is C28H42N4O6. The predicted octanol–water partition coefficient (Wildman–Crippen LogP) is 2.04. The molecule has 2 heterocycles. The summed E-state index contributed by atoms with van der Waals surface area (Å²) in [6, 6.07) is 5.25. The molecule has 10 heteroatoms. The Bertz CT molecular complexity index is 962. The second-order valence-corrected chi connectivity index (χ2v) is 10.8. The molecule has 210 valence electrons. The van der Waals surface area contributed by atoms with Crippen molar-refractivity contribution in [1.29, 1.82) is 0 Å². The van der Waals surface area contributed by atoms with Crippen LogP contribution in [0.25, 0.3) is 0 Å². The van der Waals surface area contributed by atoms with Crippen molar-refractivity contribution in [2.45, 2.75) is 58.4 Å². The van der Waals surface area contributed by atoms with Crippen molar-refractivity contribution in [1.82, 2.24) is 20.9 Å². The van der Waals surface area contributed by atoms with Crippen LogP contribution in [-0.2, 0) is 14.4 Å². The summed E-state index contributed by atoms with van der Waals surface area (Å²) in [7, 11) is 0. The number of likely N-dealkylation sites (tertiary alicyclic amines) is 1. The molecule has 2 aliphatic heterocycles. The van der Waals surface area contributed by atoms with Crippen LogP contribution in [0, 0.1) is 17.8 Å². The Morgan fingerprint density at radius 1 is 1.16 bits per heavy atom. The maximum Gasteiger partial charge on any atom is 0.328 e. The summed E-state index contributed by atoms with van der Waals surface area (Å²) in [4.78, 5) is 51.9. The summed E-state index contributed by atoms with van der Waals surface area (Å²) in [6.07, 6.45) is 4.92. The predicted molar refractivity (Wildman–Crippen MR) is 143 cm³/mol. The van der Waals surface area contributed by atoms with Crippen molar-refractivity contribution in [2.75, 3.05) is 39.3 Å². The van der Waals surface area contributed by atoms with E-state index in [0.29, 0.717) is 50.1 Å². The molecule has 0 spiro atoms. The fourth-order valence-corrected chi connectivity index (χ4v) is 4.85. The fourth-order valence-electron chi connectivity index (χ4n) is 4.85. The van der Waals surface area contributed by atoms with E-state index >= 15 is 0 Å². The molecule has 3 rings (SSSR count). The van der Waals surface area contributed by atoms with Crippen molar-refractivity contribution < 1.29 is 29.0 Å². The van der Waals surface area contributed by atoms with Gasteiger partial charge in [0.15, 0.2) is 0 Å². The molecule has 38 heavy (non-hydrogen) atoms. The highest BCUT2D eigenvalue weighted by molar-refractivity contribution is 5.97. The van der Waals surface area contributed by atoms with Gasteiger partial charge in [0.05, 0.1) is 12.5 Å². The fraction of sp³-hybridized carbons (Fsp3) is 0.643. The molecule has 0 saturated carbocycles. The van der Waals surface area contributed by atoms with E-state index in [1.165, 1.54) is 0 Å². The van der Waals surface area contributed by atoms with E-state index in [1.807, 2.05) is 13.8 Å². The number of carbonyl (C=O) groups excluding carboxylic acids is 3. The molecule has 2 saturated heterocycles. The van der Waals surface area contributed by atoms with Crippen molar-refractivity contribution in [2.24, 2.45) is 17.8 Å². The normalized spacial score (nSPS) is 19.0. The van der Waals surface area contributed by atoms with Crippen LogP contribution in [0.1, 0.15) is 62.7 Å². The topological polar surface area (TPSA) is 137 Å². The van der Waals surface area contributed by atoms with Crippen LogP contribution in [0.2, 0.25) is 0 Å². The monoisotopic (exact) mass is 530 g/mol. The summed E-state index contributed by atoms with van der Waals surface area (Å²) in [5.74, 6) is -1.01. The summed E-state index contributed by atoms with van der Waals surface area (Å²) in [5, 5.41) is 18.1. The second-order valence-electron chi connectivity index (χ2n) is 10.8. The molecule has 0 radical (unpaired) electrons. The van der Waals surface area contributed by atoms with Gasteiger partial charge in [0.1, 0.15) is 11.8 Å².